The quantitative estimate of drug-likeness (QED) is 0.647. The third kappa shape index (κ3) is 4.41. The van der Waals surface area contributed by atoms with Gasteiger partial charge in [-0.25, -0.2) is 0 Å². The molecule has 23 heavy (non-hydrogen) atoms. The highest BCUT2D eigenvalue weighted by Crippen LogP contribution is 2.24. The van der Waals surface area contributed by atoms with Crippen LogP contribution in [0.5, 0.6) is 0 Å². The van der Waals surface area contributed by atoms with Gasteiger partial charge >= 0.3 is 0 Å². The number of hydrogen-bond acceptors (Lipinski definition) is 4. The molecule has 3 aromatic rings. The minimum absolute atomic E-state index is 0.709. The molecule has 0 bridgehead atoms. The zero-order valence-electron chi connectivity index (χ0n) is 12.8. The first-order valence-electron chi connectivity index (χ1n) is 7.72. The SMILES string of the molecule is Clc1ccc2c(NCCCNCc3ccccn3)ccnc2c1. The Morgan fingerprint density at radius 2 is 1.91 bits per heavy atom. The molecular weight excluding hydrogens is 308 g/mol. The smallest absolute Gasteiger partial charge is 0.0737 e. The van der Waals surface area contributed by atoms with Gasteiger partial charge in [-0.15, -0.1) is 0 Å². The maximum Gasteiger partial charge on any atom is 0.0737 e. The normalized spacial score (nSPS) is 10.8. The Balaban J connectivity index is 1.46. The molecule has 2 aromatic heterocycles. The molecule has 3 rings (SSSR count). The molecule has 4 nitrogen and oxygen atoms in total. The number of hydrogen-bond donors (Lipinski definition) is 2. The second-order valence-corrected chi connectivity index (χ2v) is 5.73. The molecule has 0 unspecified atom stereocenters. The molecule has 0 radical (unpaired) electrons. The topological polar surface area (TPSA) is 49.8 Å². The van der Waals surface area contributed by atoms with Crippen molar-refractivity contribution in [2.45, 2.75) is 13.0 Å². The van der Waals surface area contributed by atoms with Gasteiger partial charge in [0.1, 0.15) is 0 Å². The monoisotopic (exact) mass is 326 g/mol. The van der Waals surface area contributed by atoms with Crippen LogP contribution >= 0.6 is 11.6 Å². The summed E-state index contributed by atoms with van der Waals surface area (Å²) in [5.41, 5.74) is 3.07. The highest BCUT2D eigenvalue weighted by molar-refractivity contribution is 6.31. The number of benzene rings is 1. The number of pyridine rings is 2. The van der Waals surface area contributed by atoms with E-state index in [1.165, 1.54) is 0 Å². The highest BCUT2D eigenvalue weighted by atomic mass is 35.5. The first-order valence-corrected chi connectivity index (χ1v) is 8.09. The molecule has 0 aliphatic heterocycles. The van der Waals surface area contributed by atoms with Crippen LogP contribution in [0.4, 0.5) is 5.69 Å². The van der Waals surface area contributed by atoms with Crippen molar-refractivity contribution in [3.63, 3.8) is 0 Å². The fourth-order valence-corrected chi connectivity index (χ4v) is 2.60. The summed E-state index contributed by atoms with van der Waals surface area (Å²) in [6, 6.07) is 13.7. The Bertz CT molecular complexity index is 761. The molecule has 1 aromatic carbocycles. The Labute approximate surface area is 140 Å². The molecule has 0 saturated carbocycles. The molecule has 0 aliphatic rings. The summed E-state index contributed by atoms with van der Waals surface area (Å²) in [4.78, 5) is 8.64. The molecule has 0 saturated heterocycles. The summed E-state index contributed by atoms with van der Waals surface area (Å²) >= 11 is 6.01. The lowest BCUT2D eigenvalue weighted by Crippen LogP contribution is -2.18. The number of anilines is 1. The fourth-order valence-electron chi connectivity index (χ4n) is 2.43. The Morgan fingerprint density at radius 3 is 2.78 bits per heavy atom. The van der Waals surface area contributed by atoms with Crippen molar-refractivity contribution >= 4 is 28.2 Å². The van der Waals surface area contributed by atoms with E-state index in [-0.39, 0.29) is 0 Å². The standard InChI is InChI=1S/C18H19ClN4/c19-14-5-6-16-17(7-11-23-18(16)12-14)22-10-3-8-20-13-15-4-1-2-9-21-15/h1-2,4-7,9,11-12,20H,3,8,10,13H2,(H,22,23). The molecule has 0 aliphatic carbocycles. The second-order valence-electron chi connectivity index (χ2n) is 5.30. The average Bonchev–Trinajstić information content (AvgIpc) is 2.58. The van der Waals surface area contributed by atoms with Crippen molar-refractivity contribution in [1.29, 1.82) is 0 Å². The van der Waals surface area contributed by atoms with Crippen LogP contribution in [0.1, 0.15) is 12.1 Å². The van der Waals surface area contributed by atoms with Crippen LogP contribution in [0.15, 0.2) is 54.9 Å². The maximum atomic E-state index is 6.01. The summed E-state index contributed by atoms with van der Waals surface area (Å²) in [5.74, 6) is 0. The van der Waals surface area contributed by atoms with E-state index < -0.39 is 0 Å². The van der Waals surface area contributed by atoms with Crippen LogP contribution in [-0.4, -0.2) is 23.1 Å². The maximum absolute atomic E-state index is 6.01. The molecule has 2 heterocycles. The fraction of sp³-hybridized carbons (Fsp3) is 0.222. The average molecular weight is 327 g/mol. The third-order valence-electron chi connectivity index (χ3n) is 3.58. The lowest BCUT2D eigenvalue weighted by Gasteiger charge is -2.10. The lowest BCUT2D eigenvalue weighted by atomic mass is 10.2. The van der Waals surface area contributed by atoms with Gasteiger partial charge < -0.3 is 10.6 Å². The summed E-state index contributed by atoms with van der Waals surface area (Å²) in [6.45, 7) is 2.65. The molecule has 0 amide bonds. The Hall–Kier alpha value is -2.17. The number of nitrogens with one attached hydrogen (secondary N) is 2. The molecule has 0 fully saturated rings. The van der Waals surface area contributed by atoms with Crippen molar-refractivity contribution in [2.24, 2.45) is 0 Å². The van der Waals surface area contributed by atoms with Crippen LogP contribution in [0.25, 0.3) is 10.9 Å². The number of aromatic nitrogens is 2. The molecular formula is C18H19ClN4. The Morgan fingerprint density at radius 1 is 0.957 bits per heavy atom. The zero-order valence-corrected chi connectivity index (χ0v) is 13.6. The van der Waals surface area contributed by atoms with Gasteiger partial charge in [0.2, 0.25) is 0 Å². The second kappa shape index (κ2) is 7.90. The molecule has 0 spiro atoms. The summed E-state index contributed by atoms with van der Waals surface area (Å²) in [6.07, 6.45) is 4.66. The minimum Gasteiger partial charge on any atom is -0.384 e. The van der Waals surface area contributed by atoms with Gasteiger partial charge in [0, 0.05) is 41.6 Å². The van der Waals surface area contributed by atoms with Crippen LogP contribution in [0, 0.1) is 0 Å². The first-order chi connectivity index (χ1) is 11.3. The van der Waals surface area contributed by atoms with E-state index in [2.05, 4.69) is 20.6 Å². The van der Waals surface area contributed by atoms with Gasteiger partial charge in [-0.2, -0.15) is 0 Å². The van der Waals surface area contributed by atoms with Gasteiger partial charge in [0.25, 0.3) is 0 Å². The molecule has 5 heteroatoms. The summed E-state index contributed by atoms with van der Waals surface area (Å²) in [5, 5.41) is 8.67. The minimum atomic E-state index is 0.709. The van der Waals surface area contributed by atoms with Crippen LogP contribution in [0.2, 0.25) is 5.02 Å². The van der Waals surface area contributed by atoms with E-state index in [0.717, 1.165) is 48.3 Å². The number of nitrogens with zero attached hydrogens (tertiary/aromatic N) is 2. The predicted octanol–water partition coefficient (Wildman–Crippen LogP) is 3.88. The Kier molecular flexibility index (Phi) is 5.40. The first kappa shape index (κ1) is 15.7. The number of halogens is 1. The van der Waals surface area contributed by atoms with Crippen LogP contribution in [-0.2, 0) is 6.54 Å². The van der Waals surface area contributed by atoms with E-state index in [1.807, 2.05) is 48.7 Å². The number of rotatable bonds is 7. The van der Waals surface area contributed by atoms with E-state index in [9.17, 15) is 0 Å². The van der Waals surface area contributed by atoms with Crippen molar-refractivity contribution in [1.82, 2.24) is 15.3 Å². The lowest BCUT2D eigenvalue weighted by molar-refractivity contribution is 0.653. The van der Waals surface area contributed by atoms with Crippen LogP contribution < -0.4 is 10.6 Å². The van der Waals surface area contributed by atoms with Gasteiger partial charge in [0.05, 0.1) is 11.2 Å². The largest absolute Gasteiger partial charge is 0.384 e. The van der Waals surface area contributed by atoms with E-state index in [1.54, 1.807) is 6.20 Å². The highest BCUT2D eigenvalue weighted by Gasteiger charge is 2.02. The predicted molar refractivity (Wildman–Crippen MR) is 95.8 cm³/mol. The van der Waals surface area contributed by atoms with Crippen molar-refractivity contribution < 1.29 is 0 Å². The van der Waals surface area contributed by atoms with E-state index in [4.69, 9.17) is 11.6 Å². The van der Waals surface area contributed by atoms with Crippen molar-refractivity contribution in [3.05, 3.63) is 65.6 Å². The van der Waals surface area contributed by atoms with Crippen molar-refractivity contribution in [3.8, 4) is 0 Å². The van der Waals surface area contributed by atoms with Crippen molar-refractivity contribution in [2.75, 3.05) is 18.4 Å². The number of fused-ring (bicyclic) bond motifs is 1. The van der Waals surface area contributed by atoms with E-state index in [0.29, 0.717) is 5.02 Å². The zero-order chi connectivity index (χ0) is 15.9. The van der Waals surface area contributed by atoms with E-state index >= 15 is 0 Å². The van der Waals surface area contributed by atoms with Gasteiger partial charge in [0.15, 0.2) is 0 Å². The molecule has 2 N–H and O–H groups in total. The molecule has 0 atom stereocenters. The van der Waals surface area contributed by atoms with Gasteiger partial charge in [-0.3, -0.25) is 9.97 Å². The van der Waals surface area contributed by atoms with Gasteiger partial charge in [-0.1, -0.05) is 17.7 Å². The molecule has 118 valence electrons. The third-order valence-corrected chi connectivity index (χ3v) is 3.82. The summed E-state index contributed by atoms with van der Waals surface area (Å²) in [7, 11) is 0. The van der Waals surface area contributed by atoms with Crippen LogP contribution in [0.3, 0.4) is 0 Å². The summed E-state index contributed by atoms with van der Waals surface area (Å²) < 4.78 is 0. The van der Waals surface area contributed by atoms with Gasteiger partial charge in [-0.05, 0) is 49.4 Å².